The highest BCUT2D eigenvalue weighted by atomic mass is 14.9. The summed E-state index contributed by atoms with van der Waals surface area (Å²) in [6.07, 6.45) is 14.1. The topological polar surface area (TPSA) is 12.0 Å². The summed E-state index contributed by atoms with van der Waals surface area (Å²) in [5, 5.41) is 3.53. The van der Waals surface area contributed by atoms with Gasteiger partial charge in [-0.3, -0.25) is 0 Å². The van der Waals surface area contributed by atoms with Gasteiger partial charge in [0.05, 0.1) is 0 Å². The molecule has 1 N–H and O–H groups in total. The maximum absolute atomic E-state index is 4.18. The minimum absolute atomic E-state index is 0.310. The normalized spacial score (nSPS) is 15.7. The van der Waals surface area contributed by atoms with Gasteiger partial charge in [-0.1, -0.05) is 57.7 Å². The fourth-order valence-electron chi connectivity index (χ4n) is 4.45. The van der Waals surface area contributed by atoms with Gasteiger partial charge >= 0.3 is 0 Å². The maximum Gasteiger partial charge on any atom is 0.0143 e. The van der Waals surface area contributed by atoms with E-state index in [1.165, 1.54) is 60.9 Å². The Morgan fingerprint density at radius 3 is 2.69 bits per heavy atom. The number of hydrogen-bond acceptors (Lipinski definition) is 1. The van der Waals surface area contributed by atoms with Gasteiger partial charge < -0.3 is 5.32 Å². The fraction of sp³-hybridized carbons (Fsp3) is 0.520. The first-order chi connectivity index (χ1) is 12.3. The van der Waals surface area contributed by atoms with Crippen LogP contribution in [0.2, 0.25) is 0 Å². The number of rotatable bonds is 7. The Hall–Kier alpha value is -1.76. The summed E-state index contributed by atoms with van der Waals surface area (Å²) in [6, 6.07) is 2.47. The van der Waals surface area contributed by atoms with Gasteiger partial charge in [-0.05, 0) is 84.6 Å². The van der Waals surface area contributed by atoms with Crippen LogP contribution in [-0.4, -0.2) is 6.54 Å². The van der Waals surface area contributed by atoms with Crippen molar-refractivity contribution < 1.29 is 0 Å². The van der Waals surface area contributed by atoms with E-state index in [-0.39, 0.29) is 0 Å². The average Bonchev–Trinajstić information content (AvgIpc) is 2.99. The van der Waals surface area contributed by atoms with E-state index < -0.39 is 0 Å². The second-order valence-corrected chi connectivity index (χ2v) is 9.31. The third-order valence-corrected chi connectivity index (χ3v) is 5.52. The summed E-state index contributed by atoms with van der Waals surface area (Å²) >= 11 is 0. The molecule has 0 radical (unpaired) electrons. The Kier molecular flexibility index (Phi) is 5.75. The van der Waals surface area contributed by atoms with Crippen LogP contribution in [0.15, 0.2) is 36.6 Å². The average molecular weight is 350 g/mol. The van der Waals surface area contributed by atoms with Crippen LogP contribution in [0, 0.1) is 5.41 Å². The molecular weight excluding hydrogens is 314 g/mol. The van der Waals surface area contributed by atoms with Crippen LogP contribution >= 0.6 is 0 Å². The Morgan fingerprint density at radius 1 is 1.12 bits per heavy atom. The predicted octanol–water partition coefficient (Wildman–Crippen LogP) is 6.16. The van der Waals surface area contributed by atoms with Crippen molar-refractivity contribution in [1.29, 1.82) is 0 Å². The molecule has 1 aromatic rings. The monoisotopic (exact) mass is 349 g/mol. The number of benzene rings is 1. The van der Waals surface area contributed by atoms with E-state index in [0.717, 1.165) is 19.4 Å². The molecule has 0 saturated heterocycles. The number of fused-ring (bicyclic) bond motifs is 2. The number of aryl methyl sites for hydroxylation is 1. The second-order valence-electron chi connectivity index (χ2n) is 9.31. The van der Waals surface area contributed by atoms with Crippen LogP contribution < -0.4 is 5.32 Å². The minimum Gasteiger partial charge on any atom is -0.389 e. The molecule has 0 aromatic heterocycles. The quantitative estimate of drug-likeness (QED) is 0.581. The summed E-state index contributed by atoms with van der Waals surface area (Å²) in [6.45, 7) is 16.2. The molecule has 3 rings (SSSR count). The smallest absolute Gasteiger partial charge is 0.0143 e. The summed E-state index contributed by atoms with van der Waals surface area (Å²) in [4.78, 5) is 0. The number of hydrogen-bond donors (Lipinski definition) is 1. The molecule has 0 aliphatic heterocycles. The van der Waals surface area contributed by atoms with Crippen molar-refractivity contribution in [3.8, 4) is 0 Å². The highest BCUT2D eigenvalue weighted by Crippen LogP contribution is 2.35. The summed E-state index contributed by atoms with van der Waals surface area (Å²) in [5.74, 6) is 0. The Morgan fingerprint density at radius 2 is 1.92 bits per heavy atom. The molecule has 0 unspecified atom stereocenters. The van der Waals surface area contributed by atoms with Crippen LogP contribution in [-0.2, 0) is 25.7 Å². The van der Waals surface area contributed by atoms with Gasteiger partial charge in [0, 0.05) is 12.2 Å². The van der Waals surface area contributed by atoms with E-state index in [2.05, 4.69) is 57.5 Å². The molecule has 0 atom stereocenters. The standard InChI is InChI=1S/C25H35N/c1-18-12-13-23-21(15-18)16-20-9-8-11-22(20)24(23)10-6-7-14-26-19(2)17-25(3,4)5/h12-13,16,26H,1-2,6-11,14-15,17H2,3-5H3. The van der Waals surface area contributed by atoms with E-state index in [9.17, 15) is 0 Å². The van der Waals surface area contributed by atoms with E-state index in [4.69, 9.17) is 0 Å². The van der Waals surface area contributed by atoms with Gasteiger partial charge in [0.25, 0.3) is 0 Å². The zero-order valence-electron chi connectivity index (χ0n) is 17.0. The molecule has 1 aromatic carbocycles. The molecule has 2 aliphatic carbocycles. The zero-order valence-corrected chi connectivity index (χ0v) is 17.0. The van der Waals surface area contributed by atoms with Crippen molar-refractivity contribution in [1.82, 2.24) is 5.32 Å². The van der Waals surface area contributed by atoms with Crippen LogP contribution in [0.5, 0.6) is 0 Å². The lowest BCUT2D eigenvalue weighted by molar-refractivity contribution is 0.398. The van der Waals surface area contributed by atoms with E-state index in [0.29, 0.717) is 5.41 Å². The largest absolute Gasteiger partial charge is 0.389 e. The highest BCUT2D eigenvalue weighted by Gasteiger charge is 2.21. The van der Waals surface area contributed by atoms with E-state index in [1.807, 2.05) is 0 Å². The molecule has 0 saturated carbocycles. The molecular formula is C25H35N. The van der Waals surface area contributed by atoms with Crippen molar-refractivity contribution in [3.05, 3.63) is 64.4 Å². The van der Waals surface area contributed by atoms with Crippen molar-refractivity contribution >= 4 is 6.08 Å². The van der Waals surface area contributed by atoms with E-state index in [1.54, 1.807) is 16.7 Å². The van der Waals surface area contributed by atoms with Gasteiger partial charge in [-0.25, -0.2) is 0 Å². The summed E-state index contributed by atoms with van der Waals surface area (Å²) in [7, 11) is 0. The van der Waals surface area contributed by atoms with Gasteiger partial charge in [0.15, 0.2) is 0 Å². The van der Waals surface area contributed by atoms with Crippen molar-refractivity contribution in [3.63, 3.8) is 0 Å². The van der Waals surface area contributed by atoms with Crippen LogP contribution in [0.3, 0.4) is 0 Å². The Bertz CT molecular complexity index is 728. The highest BCUT2D eigenvalue weighted by molar-refractivity contribution is 5.68. The van der Waals surface area contributed by atoms with E-state index >= 15 is 0 Å². The molecule has 0 spiro atoms. The fourth-order valence-corrected chi connectivity index (χ4v) is 4.45. The SMILES string of the molecule is C=C1C=Cc2c(cc3c(c2CCCCNC(=C)CC(C)(C)C)CCC3)C1. The lowest BCUT2D eigenvalue weighted by Gasteiger charge is -2.21. The van der Waals surface area contributed by atoms with Crippen molar-refractivity contribution in [2.75, 3.05) is 6.54 Å². The van der Waals surface area contributed by atoms with Crippen LogP contribution in [0.1, 0.15) is 74.3 Å². The maximum atomic E-state index is 4.18. The van der Waals surface area contributed by atoms with Crippen molar-refractivity contribution in [2.45, 2.75) is 72.1 Å². The Labute approximate surface area is 160 Å². The first-order valence-corrected chi connectivity index (χ1v) is 10.3. The lowest BCUT2D eigenvalue weighted by atomic mass is 9.84. The molecule has 1 nitrogen and oxygen atoms in total. The van der Waals surface area contributed by atoms with Crippen molar-refractivity contribution in [2.24, 2.45) is 5.41 Å². The third kappa shape index (κ3) is 4.69. The minimum atomic E-state index is 0.310. The van der Waals surface area contributed by atoms with Crippen LogP contribution in [0.25, 0.3) is 6.08 Å². The Balaban J connectivity index is 1.58. The first kappa shape index (κ1) is 19.0. The second kappa shape index (κ2) is 7.86. The zero-order chi connectivity index (χ0) is 18.7. The molecule has 26 heavy (non-hydrogen) atoms. The molecule has 2 aliphatic rings. The molecule has 1 heteroatoms. The van der Waals surface area contributed by atoms with Gasteiger partial charge in [-0.2, -0.15) is 0 Å². The summed E-state index contributed by atoms with van der Waals surface area (Å²) in [5.41, 5.74) is 10.6. The molecule has 0 amide bonds. The summed E-state index contributed by atoms with van der Waals surface area (Å²) < 4.78 is 0. The predicted molar refractivity (Wildman–Crippen MR) is 114 cm³/mol. The number of allylic oxidation sites excluding steroid dienone is 3. The molecule has 0 heterocycles. The molecule has 0 bridgehead atoms. The van der Waals surface area contributed by atoms with Crippen LogP contribution in [0.4, 0.5) is 0 Å². The van der Waals surface area contributed by atoms with Gasteiger partial charge in [0.1, 0.15) is 0 Å². The van der Waals surface area contributed by atoms with Gasteiger partial charge in [0.2, 0.25) is 0 Å². The molecule has 0 fully saturated rings. The first-order valence-electron chi connectivity index (χ1n) is 10.3. The number of nitrogens with one attached hydrogen (secondary N) is 1. The number of unbranched alkanes of at least 4 members (excludes halogenated alkanes) is 1. The third-order valence-electron chi connectivity index (χ3n) is 5.52. The van der Waals surface area contributed by atoms with Gasteiger partial charge in [-0.15, -0.1) is 0 Å². The lowest BCUT2D eigenvalue weighted by Crippen LogP contribution is -2.19. The molecule has 140 valence electrons.